The smallest absolute Gasteiger partial charge is 0.335 e. The minimum atomic E-state index is -3.04. The summed E-state index contributed by atoms with van der Waals surface area (Å²) in [7, 11) is -5.88. The third kappa shape index (κ3) is 11.4. The van der Waals surface area contributed by atoms with Crippen molar-refractivity contribution in [2.75, 3.05) is 45.1 Å². The molecule has 0 radical (unpaired) electrons. The predicted octanol–water partition coefficient (Wildman–Crippen LogP) is 7.79. The number of rotatable bonds is 22. The van der Waals surface area contributed by atoms with E-state index >= 15 is 0 Å². The molecular formula is C42H68N6O9Si2. The average Bonchev–Trinajstić information content (AvgIpc) is 3.78. The van der Waals surface area contributed by atoms with Crippen LogP contribution in [0.4, 0.5) is 5.82 Å². The van der Waals surface area contributed by atoms with Crippen LogP contribution < -0.4 is 10.6 Å². The molecule has 2 aromatic heterocycles. The van der Waals surface area contributed by atoms with E-state index in [0.717, 1.165) is 12.8 Å². The lowest BCUT2D eigenvalue weighted by molar-refractivity contribution is -0.143. The number of carbonyl (C=O) groups is 2. The number of aromatic nitrogens is 4. The maximum absolute atomic E-state index is 13.1. The molecule has 2 fully saturated rings. The summed E-state index contributed by atoms with van der Waals surface area (Å²) in [6.07, 6.45) is 6.62. The topological polar surface area (TPSA) is 166 Å². The predicted molar refractivity (Wildman–Crippen MR) is 230 cm³/mol. The highest BCUT2D eigenvalue weighted by Gasteiger charge is 2.62. The number of amides is 2. The van der Waals surface area contributed by atoms with E-state index in [4.69, 9.17) is 31.9 Å². The number of ether oxygens (including phenoxy) is 4. The molecule has 2 aliphatic heterocycles. The Hall–Kier alpha value is -3.14. The van der Waals surface area contributed by atoms with Gasteiger partial charge in [0.25, 0.3) is 5.91 Å². The Balaban J connectivity index is 1.33. The third-order valence-corrected chi connectivity index (χ3v) is 21.6. The first-order valence-corrected chi connectivity index (χ1v) is 25.5. The van der Waals surface area contributed by atoms with Crippen molar-refractivity contribution in [3.63, 3.8) is 0 Å². The standard InChI is InChI=1S/C42H68N6O9Si2/c1-10-11-12-13-17-20-35(49)43-21-22-51-23-24-52-28-53-38-37-34(25-54-58(29(2)3,30(4)5)57-59(56-37,31(6)7)32(8)9)55-42(38)48-27-46-36-39(44-26-45-40(36)48)47-41(50)33-18-15-14-16-19-33/h14-16,18-19,26-27,29-32,34,37-38,42H,10-13,17,20-25,28H2,1-9H3,(H,43,49)(H,44,45,47,50)/t34-,37?,38+,42-/m1/s1. The number of fused-ring (bicyclic) bond motifs is 2. The van der Waals surface area contributed by atoms with Crippen LogP contribution in [0.1, 0.15) is 117 Å². The number of imidazole rings is 1. The van der Waals surface area contributed by atoms with Crippen LogP contribution in [0.2, 0.25) is 22.2 Å². The van der Waals surface area contributed by atoms with Gasteiger partial charge in [0.05, 0.1) is 32.8 Å². The first-order valence-electron chi connectivity index (χ1n) is 21.6. The van der Waals surface area contributed by atoms with E-state index in [9.17, 15) is 9.59 Å². The summed E-state index contributed by atoms with van der Waals surface area (Å²) in [5, 5.41) is 5.82. The second-order valence-corrected chi connectivity index (χ2v) is 25.6. The number of hydrogen-bond acceptors (Lipinski definition) is 12. The van der Waals surface area contributed by atoms with Crippen LogP contribution in [0.15, 0.2) is 43.0 Å². The normalized spacial score (nSPS) is 21.6. The van der Waals surface area contributed by atoms with Crippen molar-refractivity contribution < 1.29 is 41.5 Å². The summed E-state index contributed by atoms with van der Waals surface area (Å²) >= 11 is 0. The molecule has 59 heavy (non-hydrogen) atoms. The van der Waals surface area contributed by atoms with Crippen LogP contribution in [-0.4, -0.2) is 107 Å². The van der Waals surface area contributed by atoms with Gasteiger partial charge in [-0.1, -0.05) is 106 Å². The number of benzene rings is 1. The fourth-order valence-corrected chi connectivity index (χ4v) is 19.3. The zero-order chi connectivity index (χ0) is 42.6. The van der Waals surface area contributed by atoms with Gasteiger partial charge in [0.15, 0.2) is 23.2 Å². The van der Waals surface area contributed by atoms with Crippen molar-refractivity contribution >= 4 is 45.9 Å². The van der Waals surface area contributed by atoms with E-state index in [1.165, 1.54) is 25.6 Å². The molecule has 5 rings (SSSR count). The maximum atomic E-state index is 13.1. The van der Waals surface area contributed by atoms with Gasteiger partial charge in [0, 0.05) is 18.5 Å². The van der Waals surface area contributed by atoms with Crippen molar-refractivity contribution in [3.05, 3.63) is 48.5 Å². The van der Waals surface area contributed by atoms with Crippen LogP contribution >= 0.6 is 0 Å². The highest BCUT2D eigenvalue weighted by atomic mass is 28.5. The summed E-state index contributed by atoms with van der Waals surface area (Å²) in [6.45, 7) is 21.3. The molecule has 2 aliphatic rings. The molecule has 2 amide bonds. The lowest BCUT2D eigenvalue weighted by Gasteiger charge is -2.51. The summed E-state index contributed by atoms with van der Waals surface area (Å²) < 4.78 is 48.9. The molecule has 2 N–H and O–H groups in total. The highest BCUT2D eigenvalue weighted by Crippen LogP contribution is 2.49. The van der Waals surface area contributed by atoms with E-state index in [1.54, 1.807) is 35.2 Å². The monoisotopic (exact) mass is 856 g/mol. The Labute approximate surface area is 352 Å². The summed E-state index contributed by atoms with van der Waals surface area (Å²) in [5.74, 6) is 0.0219. The molecule has 15 nitrogen and oxygen atoms in total. The Morgan fingerprint density at radius 1 is 0.864 bits per heavy atom. The zero-order valence-corrected chi connectivity index (χ0v) is 38.6. The zero-order valence-electron chi connectivity index (χ0n) is 36.6. The number of carbonyl (C=O) groups excluding carboxylic acids is 2. The van der Waals surface area contributed by atoms with Gasteiger partial charge >= 0.3 is 17.1 Å². The average molecular weight is 857 g/mol. The van der Waals surface area contributed by atoms with E-state index in [2.05, 4.69) is 87.9 Å². The molecule has 17 heteroatoms. The van der Waals surface area contributed by atoms with Crippen LogP contribution in [-0.2, 0) is 36.7 Å². The van der Waals surface area contributed by atoms with Crippen LogP contribution in [0.5, 0.6) is 0 Å². The van der Waals surface area contributed by atoms with Crippen molar-refractivity contribution in [2.45, 2.75) is 148 Å². The van der Waals surface area contributed by atoms with Gasteiger partial charge in [0.2, 0.25) is 5.91 Å². The lowest BCUT2D eigenvalue weighted by atomic mass is 10.1. The fraction of sp³-hybridized carbons (Fsp3) is 0.690. The molecule has 0 bridgehead atoms. The Bertz CT molecular complexity index is 1750. The summed E-state index contributed by atoms with van der Waals surface area (Å²) in [4.78, 5) is 38.9. The highest BCUT2D eigenvalue weighted by molar-refractivity contribution is 6.84. The maximum Gasteiger partial charge on any atom is 0.335 e. The van der Waals surface area contributed by atoms with E-state index in [1.807, 2.05) is 6.07 Å². The molecule has 328 valence electrons. The quantitative estimate of drug-likeness (QED) is 0.0573. The molecule has 1 unspecified atom stereocenters. The molecule has 3 aromatic rings. The van der Waals surface area contributed by atoms with Gasteiger partial charge in [0.1, 0.15) is 31.4 Å². The number of hydrogen-bond donors (Lipinski definition) is 2. The van der Waals surface area contributed by atoms with Gasteiger partial charge in [-0.3, -0.25) is 14.2 Å². The van der Waals surface area contributed by atoms with Gasteiger partial charge in [-0.05, 0) is 40.7 Å². The second kappa shape index (κ2) is 22.1. The number of anilines is 1. The van der Waals surface area contributed by atoms with Crippen molar-refractivity contribution in [3.8, 4) is 0 Å². The number of unbranched alkanes of at least 4 members (excludes halogenated alkanes) is 4. The van der Waals surface area contributed by atoms with Crippen molar-refractivity contribution in [1.29, 1.82) is 0 Å². The Morgan fingerprint density at radius 3 is 2.25 bits per heavy atom. The molecule has 1 aromatic carbocycles. The molecule has 4 atom stereocenters. The van der Waals surface area contributed by atoms with E-state index in [-0.39, 0.29) is 59.8 Å². The largest absolute Gasteiger partial charge is 0.414 e. The van der Waals surface area contributed by atoms with Gasteiger partial charge in [-0.2, -0.15) is 0 Å². The molecule has 0 aliphatic carbocycles. The SMILES string of the molecule is CCCCCCCC(=O)NCCOCCOCO[C@H]1C2O[Si](C(C)C)(C(C)C)O[Si](C(C)C)(C(C)C)OC[C@H]2O[C@H]1n1cnc2c(NC(=O)c3ccccc3)ncnc21. The summed E-state index contributed by atoms with van der Waals surface area (Å²) in [5.41, 5.74) is 1.87. The minimum absolute atomic E-state index is 0.0578. The number of nitrogens with zero attached hydrogens (tertiary/aromatic N) is 4. The Kier molecular flexibility index (Phi) is 17.6. The minimum Gasteiger partial charge on any atom is -0.414 e. The van der Waals surface area contributed by atoms with Gasteiger partial charge < -0.3 is 42.5 Å². The van der Waals surface area contributed by atoms with Gasteiger partial charge in [-0.25, -0.2) is 15.0 Å². The molecule has 0 saturated carbocycles. The van der Waals surface area contributed by atoms with Gasteiger partial charge in [-0.15, -0.1) is 0 Å². The molecular weight excluding hydrogens is 789 g/mol. The first kappa shape index (κ1) is 46.9. The molecule has 4 heterocycles. The van der Waals surface area contributed by atoms with Crippen LogP contribution in [0.25, 0.3) is 11.2 Å². The fourth-order valence-electron chi connectivity index (χ4n) is 8.07. The summed E-state index contributed by atoms with van der Waals surface area (Å²) in [6, 6.07) is 8.93. The van der Waals surface area contributed by atoms with E-state index in [0.29, 0.717) is 42.9 Å². The van der Waals surface area contributed by atoms with Crippen molar-refractivity contribution in [2.24, 2.45) is 0 Å². The molecule has 0 spiro atoms. The number of nitrogens with one attached hydrogen (secondary N) is 2. The van der Waals surface area contributed by atoms with Crippen molar-refractivity contribution in [1.82, 2.24) is 24.8 Å². The van der Waals surface area contributed by atoms with Crippen LogP contribution in [0.3, 0.4) is 0 Å². The lowest BCUT2D eigenvalue weighted by Crippen LogP contribution is -2.66. The second-order valence-electron chi connectivity index (χ2n) is 16.8. The third-order valence-electron chi connectivity index (χ3n) is 11.3. The Morgan fingerprint density at radius 2 is 1.56 bits per heavy atom. The first-order chi connectivity index (χ1) is 28.3. The van der Waals surface area contributed by atoms with Crippen LogP contribution in [0, 0.1) is 0 Å². The molecule has 2 saturated heterocycles. The van der Waals surface area contributed by atoms with E-state index < -0.39 is 41.7 Å².